The van der Waals surface area contributed by atoms with Crippen molar-refractivity contribution in [1.29, 1.82) is 0 Å². The molecule has 0 atom stereocenters. The SMILES string of the molecule is C=CCC#CC(=O)O[P+](=O)OC(=O)C#CCC=C. The van der Waals surface area contributed by atoms with Crippen molar-refractivity contribution in [2.24, 2.45) is 0 Å². The Hall–Kier alpha value is -2.36. The minimum atomic E-state index is -2.91. The van der Waals surface area contributed by atoms with Crippen LogP contribution in [0.1, 0.15) is 12.8 Å². The highest BCUT2D eigenvalue weighted by atomic mass is 31.1. The lowest BCUT2D eigenvalue weighted by Gasteiger charge is -1.81. The molecule has 5 nitrogen and oxygen atoms in total. The Kier molecular flexibility index (Phi) is 8.55. The molecule has 0 spiro atoms. The van der Waals surface area contributed by atoms with E-state index in [-0.39, 0.29) is 0 Å². The summed E-state index contributed by atoms with van der Waals surface area (Å²) in [6, 6.07) is 0. The van der Waals surface area contributed by atoms with Crippen molar-refractivity contribution in [1.82, 2.24) is 0 Å². The predicted molar refractivity (Wildman–Crippen MR) is 65.0 cm³/mol. The number of allylic oxidation sites excluding steroid dienone is 2. The van der Waals surface area contributed by atoms with Gasteiger partial charge in [-0.1, -0.05) is 24.0 Å². The van der Waals surface area contributed by atoms with E-state index in [4.69, 9.17) is 0 Å². The highest BCUT2D eigenvalue weighted by Gasteiger charge is 2.29. The van der Waals surface area contributed by atoms with Crippen molar-refractivity contribution in [3.05, 3.63) is 25.3 Å². The van der Waals surface area contributed by atoms with Crippen LogP contribution in [0.3, 0.4) is 0 Å². The van der Waals surface area contributed by atoms with Crippen LogP contribution in [0, 0.1) is 23.7 Å². The lowest BCUT2D eigenvalue weighted by molar-refractivity contribution is -0.131. The molecule has 0 aliphatic carbocycles. The normalized spacial score (nSPS) is 7.56. The van der Waals surface area contributed by atoms with Gasteiger partial charge in [0.05, 0.1) is 0 Å². The minimum absolute atomic E-state index is 0.290. The van der Waals surface area contributed by atoms with E-state index in [1.54, 1.807) is 0 Å². The van der Waals surface area contributed by atoms with Gasteiger partial charge in [-0.05, 0) is 0 Å². The summed E-state index contributed by atoms with van der Waals surface area (Å²) in [6.45, 7) is 6.78. The number of rotatable bonds is 4. The molecule has 0 saturated carbocycles. The third-order valence-corrected chi connectivity index (χ3v) is 1.82. The second kappa shape index (κ2) is 9.84. The van der Waals surface area contributed by atoms with Gasteiger partial charge in [-0.3, -0.25) is 0 Å². The molecule has 0 saturated heterocycles. The van der Waals surface area contributed by atoms with Gasteiger partial charge in [0.25, 0.3) is 0 Å². The second-order valence-electron chi connectivity index (χ2n) is 2.57. The molecule has 0 aliphatic heterocycles. The van der Waals surface area contributed by atoms with Crippen LogP contribution in [0.25, 0.3) is 0 Å². The zero-order valence-corrected chi connectivity index (χ0v) is 10.4. The van der Waals surface area contributed by atoms with Gasteiger partial charge < -0.3 is 0 Å². The Morgan fingerprint density at radius 2 is 1.39 bits per heavy atom. The molecular formula is C12H10O5P+. The van der Waals surface area contributed by atoms with E-state index in [0.29, 0.717) is 12.8 Å². The van der Waals surface area contributed by atoms with Gasteiger partial charge in [-0.25, -0.2) is 9.59 Å². The predicted octanol–water partition coefficient (Wildman–Crippen LogP) is 1.89. The Labute approximate surface area is 106 Å². The minimum Gasteiger partial charge on any atom is -0.231 e. The molecule has 0 N–H and O–H groups in total. The van der Waals surface area contributed by atoms with Crippen LogP contribution in [-0.4, -0.2) is 11.9 Å². The third-order valence-electron chi connectivity index (χ3n) is 1.19. The molecule has 0 aromatic carbocycles. The fourth-order valence-corrected chi connectivity index (χ4v) is 0.990. The molecule has 0 heterocycles. The van der Waals surface area contributed by atoms with Crippen molar-refractivity contribution in [3.8, 4) is 23.7 Å². The quantitative estimate of drug-likeness (QED) is 0.441. The molecule has 0 aliphatic rings. The molecular weight excluding hydrogens is 255 g/mol. The van der Waals surface area contributed by atoms with Crippen LogP contribution in [0.2, 0.25) is 0 Å². The van der Waals surface area contributed by atoms with Crippen LogP contribution >= 0.6 is 8.25 Å². The molecule has 0 unspecified atom stereocenters. The zero-order valence-electron chi connectivity index (χ0n) is 9.47. The van der Waals surface area contributed by atoms with Crippen molar-refractivity contribution in [3.63, 3.8) is 0 Å². The van der Waals surface area contributed by atoms with Crippen molar-refractivity contribution < 1.29 is 23.2 Å². The molecule has 18 heavy (non-hydrogen) atoms. The Balaban J connectivity index is 4.13. The second-order valence-corrected chi connectivity index (χ2v) is 3.38. The summed E-state index contributed by atoms with van der Waals surface area (Å²) in [7, 11) is -2.91. The summed E-state index contributed by atoms with van der Waals surface area (Å²) in [4.78, 5) is 21.8. The molecule has 0 amide bonds. The zero-order chi connectivity index (χ0) is 13.8. The summed E-state index contributed by atoms with van der Waals surface area (Å²) in [5, 5.41) is 0. The maximum atomic E-state index is 11.0. The van der Waals surface area contributed by atoms with Crippen LogP contribution in [-0.2, 0) is 23.2 Å². The van der Waals surface area contributed by atoms with E-state index in [0.717, 1.165) is 0 Å². The molecule has 0 rings (SSSR count). The van der Waals surface area contributed by atoms with Crippen molar-refractivity contribution >= 4 is 20.2 Å². The highest BCUT2D eigenvalue weighted by molar-refractivity contribution is 7.34. The first-order valence-electron chi connectivity index (χ1n) is 4.70. The summed E-state index contributed by atoms with van der Waals surface area (Å²) < 4.78 is 19.4. The summed E-state index contributed by atoms with van der Waals surface area (Å²) in [5.41, 5.74) is 0. The van der Waals surface area contributed by atoms with Crippen molar-refractivity contribution in [2.75, 3.05) is 0 Å². The Morgan fingerprint density at radius 1 is 1.00 bits per heavy atom. The van der Waals surface area contributed by atoms with Gasteiger partial charge in [0, 0.05) is 29.2 Å². The maximum absolute atomic E-state index is 11.0. The lowest BCUT2D eigenvalue weighted by Crippen LogP contribution is -1.99. The molecule has 0 aromatic rings. The average Bonchev–Trinajstić information content (AvgIpc) is 2.29. The standard InChI is InChI=1S/C12H10O5P/c1-3-5-7-9-11(13)16-18(15)17-12(14)10-8-6-4-2/h3-4H,1-2,5-6H2/q+1. The first-order chi connectivity index (χ1) is 8.60. The van der Waals surface area contributed by atoms with Gasteiger partial charge in [0.1, 0.15) is 0 Å². The molecule has 0 aromatic heterocycles. The lowest BCUT2D eigenvalue weighted by atomic mass is 10.4. The van der Waals surface area contributed by atoms with E-state index in [1.807, 2.05) is 11.8 Å². The molecule has 0 fully saturated rings. The summed E-state index contributed by atoms with van der Waals surface area (Å²) in [5.74, 6) is 6.73. The molecule has 0 bridgehead atoms. The monoisotopic (exact) mass is 265 g/mol. The Morgan fingerprint density at radius 3 is 1.72 bits per heavy atom. The van der Waals surface area contributed by atoms with E-state index in [9.17, 15) is 14.2 Å². The number of hydrogen-bond donors (Lipinski definition) is 0. The summed E-state index contributed by atoms with van der Waals surface area (Å²) >= 11 is 0. The van der Waals surface area contributed by atoms with Gasteiger partial charge in [0.2, 0.25) is 0 Å². The van der Waals surface area contributed by atoms with Gasteiger partial charge in [0.15, 0.2) is 0 Å². The van der Waals surface area contributed by atoms with Crippen LogP contribution in [0.4, 0.5) is 0 Å². The van der Waals surface area contributed by atoms with Crippen molar-refractivity contribution in [2.45, 2.75) is 12.8 Å². The molecule has 92 valence electrons. The van der Waals surface area contributed by atoms with Gasteiger partial charge in [-0.2, -0.15) is 9.05 Å². The first kappa shape index (κ1) is 15.6. The van der Waals surface area contributed by atoms with Crippen LogP contribution in [0.15, 0.2) is 25.3 Å². The molecule has 6 heteroatoms. The average molecular weight is 265 g/mol. The third kappa shape index (κ3) is 8.91. The van der Waals surface area contributed by atoms with E-state index < -0.39 is 20.2 Å². The fraction of sp³-hybridized carbons (Fsp3) is 0.167. The maximum Gasteiger partial charge on any atom is 0.813 e. The van der Waals surface area contributed by atoms with E-state index in [2.05, 4.69) is 34.0 Å². The first-order valence-corrected chi connectivity index (χ1v) is 5.80. The van der Waals surface area contributed by atoms with E-state index in [1.165, 1.54) is 12.2 Å². The van der Waals surface area contributed by atoms with Crippen LogP contribution in [0.5, 0.6) is 0 Å². The Bertz CT molecular complexity index is 440. The van der Waals surface area contributed by atoms with Crippen LogP contribution < -0.4 is 0 Å². The van der Waals surface area contributed by atoms with Gasteiger partial charge in [-0.15, -0.1) is 13.2 Å². The number of carbonyl (C=O) groups excluding carboxylic acids is 2. The van der Waals surface area contributed by atoms with Gasteiger partial charge >= 0.3 is 20.2 Å². The molecule has 0 radical (unpaired) electrons. The topological polar surface area (TPSA) is 69.7 Å². The summed E-state index contributed by atoms with van der Waals surface area (Å²) in [6.07, 6.45) is 3.54. The number of hydrogen-bond acceptors (Lipinski definition) is 5. The largest absolute Gasteiger partial charge is 0.813 e. The smallest absolute Gasteiger partial charge is 0.231 e. The fourth-order valence-electron chi connectivity index (χ4n) is 0.590. The number of carbonyl (C=O) groups is 2. The van der Waals surface area contributed by atoms with E-state index >= 15 is 0 Å². The highest BCUT2D eigenvalue weighted by Crippen LogP contribution is 2.23.